The van der Waals surface area contributed by atoms with Crippen molar-refractivity contribution >= 4 is 34.9 Å². The van der Waals surface area contributed by atoms with Crippen LogP contribution in [0.2, 0.25) is 5.02 Å². The maximum Gasteiger partial charge on any atom is 0.306 e. The van der Waals surface area contributed by atoms with Gasteiger partial charge in [-0.05, 0) is 50.5 Å². The fourth-order valence-electron chi connectivity index (χ4n) is 2.89. The van der Waals surface area contributed by atoms with Crippen LogP contribution in [0.5, 0.6) is 0 Å². The molecule has 28 heavy (non-hydrogen) atoms. The molecule has 1 aromatic carbocycles. The monoisotopic (exact) mass is 401 g/mol. The van der Waals surface area contributed by atoms with Gasteiger partial charge in [-0.25, -0.2) is 9.50 Å². The molecule has 0 aliphatic heterocycles. The highest BCUT2D eigenvalue weighted by atomic mass is 35.5. The number of anilines is 1. The molecule has 0 fully saturated rings. The van der Waals surface area contributed by atoms with Crippen molar-refractivity contribution in [2.24, 2.45) is 0 Å². The number of aromatic nitrogens is 4. The second-order valence-electron chi connectivity index (χ2n) is 6.35. The molecule has 8 nitrogen and oxygen atoms in total. The number of aryl methyl sites for hydroxylation is 2. The van der Waals surface area contributed by atoms with Crippen LogP contribution in [0, 0.1) is 20.8 Å². The Morgan fingerprint density at radius 1 is 1.25 bits per heavy atom. The number of amides is 1. The lowest BCUT2D eigenvalue weighted by Gasteiger charge is -2.11. The second-order valence-corrected chi connectivity index (χ2v) is 6.76. The number of ether oxygens (including phenoxy) is 1. The summed E-state index contributed by atoms with van der Waals surface area (Å²) in [7, 11) is 0. The molecule has 0 spiro atoms. The molecule has 3 rings (SSSR count). The third kappa shape index (κ3) is 4.28. The van der Waals surface area contributed by atoms with Crippen molar-refractivity contribution in [1.29, 1.82) is 0 Å². The van der Waals surface area contributed by atoms with Crippen LogP contribution < -0.4 is 5.32 Å². The van der Waals surface area contributed by atoms with Gasteiger partial charge in [0.1, 0.15) is 6.33 Å². The molecule has 0 aliphatic carbocycles. The lowest BCUT2D eigenvalue weighted by Crippen LogP contribution is -2.21. The van der Waals surface area contributed by atoms with Crippen molar-refractivity contribution in [3.05, 3.63) is 52.1 Å². The maximum absolute atomic E-state index is 12.1. The Morgan fingerprint density at radius 2 is 2.04 bits per heavy atom. The van der Waals surface area contributed by atoms with E-state index in [0.717, 1.165) is 22.5 Å². The van der Waals surface area contributed by atoms with Gasteiger partial charge in [0.25, 0.3) is 11.7 Å². The van der Waals surface area contributed by atoms with E-state index in [0.29, 0.717) is 22.9 Å². The molecule has 0 aliphatic rings. The molecule has 3 aromatic rings. The van der Waals surface area contributed by atoms with Gasteiger partial charge in [0.2, 0.25) is 0 Å². The van der Waals surface area contributed by atoms with Crippen molar-refractivity contribution in [2.45, 2.75) is 33.6 Å². The summed E-state index contributed by atoms with van der Waals surface area (Å²) in [6, 6.07) is 5.21. The normalized spacial score (nSPS) is 10.9. The number of halogens is 1. The number of carbonyl (C=O) groups is 2. The summed E-state index contributed by atoms with van der Waals surface area (Å²) in [6.45, 7) is 5.21. The summed E-state index contributed by atoms with van der Waals surface area (Å²) in [4.78, 5) is 32.5. The third-order valence-corrected chi connectivity index (χ3v) is 4.88. The Labute approximate surface area is 166 Å². The Balaban J connectivity index is 1.53. The van der Waals surface area contributed by atoms with Gasteiger partial charge < -0.3 is 10.1 Å². The van der Waals surface area contributed by atoms with Crippen LogP contribution in [0.1, 0.15) is 28.9 Å². The quantitative estimate of drug-likeness (QED) is 0.638. The van der Waals surface area contributed by atoms with Crippen LogP contribution in [-0.4, -0.2) is 38.1 Å². The number of benzene rings is 1. The largest absolute Gasteiger partial charge is 0.456 e. The lowest BCUT2D eigenvalue weighted by atomic mass is 10.1. The zero-order chi connectivity index (χ0) is 20.3. The molecule has 2 aromatic heterocycles. The Hall–Kier alpha value is -3.00. The standard InChI is InChI=1S/C19H20ClN5O3/c1-11-15(20)5-4-6-16(11)24-17(26)9-28-18(27)8-7-14-12(2)23-19-21-10-22-25(19)13(14)3/h4-6,10H,7-9H2,1-3H3,(H,24,26). The smallest absolute Gasteiger partial charge is 0.306 e. The Kier molecular flexibility index (Phi) is 5.89. The van der Waals surface area contributed by atoms with E-state index in [2.05, 4.69) is 20.4 Å². The first-order valence-corrected chi connectivity index (χ1v) is 9.11. The van der Waals surface area contributed by atoms with Gasteiger partial charge in [-0.2, -0.15) is 10.1 Å². The summed E-state index contributed by atoms with van der Waals surface area (Å²) >= 11 is 6.03. The van der Waals surface area contributed by atoms with Crippen LogP contribution in [0.3, 0.4) is 0 Å². The van der Waals surface area contributed by atoms with E-state index in [1.165, 1.54) is 6.33 Å². The fourth-order valence-corrected chi connectivity index (χ4v) is 3.07. The van der Waals surface area contributed by atoms with E-state index < -0.39 is 11.9 Å². The summed E-state index contributed by atoms with van der Waals surface area (Å²) < 4.78 is 6.71. The zero-order valence-electron chi connectivity index (χ0n) is 15.8. The van der Waals surface area contributed by atoms with Crippen LogP contribution >= 0.6 is 11.6 Å². The molecular formula is C19H20ClN5O3. The number of carbonyl (C=O) groups excluding carboxylic acids is 2. The van der Waals surface area contributed by atoms with Gasteiger partial charge in [0.15, 0.2) is 6.61 Å². The van der Waals surface area contributed by atoms with Crippen molar-refractivity contribution in [3.8, 4) is 0 Å². The van der Waals surface area contributed by atoms with Crippen molar-refractivity contribution in [2.75, 3.05) is 11.9 Å². The molecular weight excluding hydrogens is 382 g/mol. The van der Waals surface area contributed by atoms with Crippen LogP contribution in [0.15, 0.2) is 24.5 Å². The first kappa shape index (κ1) is 19.8. The highest BCUT2D eigenvalue weighted by molar-refractivity contribution is 6.31. The van der Waals surface area contributed by atoms with Gasteiger partial charge in [0.05, 0.1) is 0 Å². The molecule has 0 unspecified atom stereocenters. The molecule has 0 saturated carbocycles. The average Bonchev–Trinajstić information content (AvgIpc) is 3.12. The van der Waals surface area contributed by atoms with E-state index >= 15 is 0 Å². The average molecular weight is 402 g/mol. The number of esters is 1. The topological polar surface area (TPSA) is 98.5 Å². The van der Waals surface area contributed by atoms with Gasteiger partial charge >= 0.3 is 5.97 Å². The molecule has 9 heteroatoms. The predicted molar refractivity (Wildman–Crippen MR) is 104 cm³/mol. The minimum Gasteiger partial charge on any atom is -0.456 e. The van der Waals surface area contributed by atoms with E-state index in [9.17, 15) is 9.59 Å². The van der Waals surface area contributed by atoms with Gasteiger partial charge in [-0.3, -0.25) is 9.59 Å². The minimum absolute atomic E-state index is 0.132. The highest BCUT2D eigenvalue weighted by Crippen LogP contribution is 2.22. The van der Waals surface area contributed by atoms with Crippen molar-refractivity contribution < 1.29 is 14.3 Å². The van der Waals surface area contributed by atoms with Crippen LogP contribution in [0.25, 0.3) is 5.78 Å². The van der Waals surface area contributed by atoms with Gasteiger partial charge in [-0.1, -0.05) is 17.7 Å². The SMILES string of the molecule is Cc1nc2ncnn2c(C)c1CCC(=O)OCC(=O)Nc1cccc(Cl)c1C. The Bertz CT molecular complexity index is 1050. The van der Waals surface area contributed by atoms with Crippen LogP contribution in [0.4, 0.5) is 5.69 Å². The van der Waals surface area contributed by atoms with E-state index in [1.807, 2.05) is 13.8 Å². The molecule has 146 valence electrons. The number of hydrogen-bond acceptors (Lipinski definition) is 6. The molecule has 0 atom stereocenters. The predicted octanol–water partition coefficient (Wildman–Crippen LogP) is 2.82. The molecule has 1 N–H and O–H groups in total. The minimum atomic E-state index is -0.463. The fraction of sp³-hybridized carbons (Fsp3) is 0.316. The Morgan fingerprint density at radius 3 is 2.82 bits per heavy atom. The molecule has 0 radical (unpaired) electrons. The summed E-state index contributed by atoms with van der Waals surface area (Å²) in [6.07, 6.45) is 2.01. The number of nitrogens with one attached hydrogen (secondary N) is 1. The molecule has 0 saturated heterocycles. The van der Waals surface area contributed by atoms with Crippen molar-refractivity contribution in [3.63, 3.8) is 0 Å². The summed E-state index contributed by atoms with van der Waals surface area (Å²) in [5.74, 6) is -0.360. The maximum atomic E-state index is 12.1. The van der Waals surface area contributed by atoms with E-state index in [4.69, 9.17) is 16.3 Å². The number of nitrogens with zero attached hydrogens (tertiary/aromatic N) is 4. The van der Waals surface area contributed by atoms with E-state index in [-0.39, 0.29) is 13.0 Å². The van der Waals surface area contributed by atoms with Crippen molar-refractivity contribution in [1.82, 2.24) is 19.6 Å². The highest BCUT2D eigenvalue weighted by Gasteiger charge is 2.14. The molecule has 1 amide bonds. The lowest BCUT2D eigenvalue weighted by molar-refractivity contribution is -0.147. The summed E-state index contributed by atoms with van der Waals surface area (Å²) in [5, 5.41) is 7.36. The first-order valence-electron chi connectivity index (χ1n) is 8.73. The zero-order valence-corrected chi connectivity index (χ0v) is 16.6. The second kappa shape index (κ2) is 8.35. The third-order valence-electron chi connectivity index (χ3n) is 4.47. The first-order chi connectivity index (χ1) is 13.4. The molecule has 0 bridgehead atoms. The number of hydrogen-bond donors (Lipinski definition) is 1. The molecule has 2 heterocycles. The summed E-state index contributed by atoms with van der Waals surface area (Å²) in [5.41, 5.74) is 3.92. The van der Waals surface area contributed by atoms with Gasteiger partial charge in [-0.15, -0.1) is 0 Å². The number of fused-ring (bicyclic) bond motifs is 1. The number of rotatable bonds is 6. The van der Waals surface area contributed by atoms with Gasteiger partial charge in [0, 0.05) is 28.5 Å². The van der Waals surface area contributed by atoms with Crippen LogP contribution in [-0.2, 0) is 20.7 Å². The van der Waals surface area contributed by atoms with E-state index in [1.54, 1.807) is 29.6 Å².